The van der Waals surface area contributed by atoms with Gasteiger partial charge in [0.05, 0.1) is 0 Å². The number of carboxylic acids is 1. The minimum atomic E-state index is -1.63. The number of carbonyl (C=O) groups is 2. The number of carboxylic acid groups (broad SMARTS) is 1. The van der Waals surface area contributed by atoms with E-state index in [0.717, 1.165) is 0 Å². The molecule has 0 radical (unpaired) electrons. The van der Waals surface area contributed by atoms with Gasteiger partial charge in [-0.3, -0.25) is 4.79 Å². The first-order valence-corrected chi connectivity index (χ1v) is 4.91. The zero-order chi connectivity index (χ0) is 12.3. The van der Waals surface area contributed by atoms with Crippen LogP contribution >= 0.6 is 23.2 Å². The second-order valence-electron chi connectivity index (χ2n) is 2.96. The molecule has 0 aliphatic rings. The van der Waals surface area contributed by atoms with Crippen molar-refractivity contribution >= 4 is 40.8 Å². The van der Waals surface area contributed by atoms with Crippen LogP contribution in [0.15, 0.2) is 18.2 Å². The second kappa shape index (κ2) is 5.16. The van der Waals surface area contributed by atoms with Crippen LogP contribution in [0.3, 0.4) is 0 Å². The van der Waals surface area contributed by atoms with E-state index >= 15 is 0 Å². The summed E-state index contributed by atoms with van der Waals surface area (Å²) in [5.41, 5.74) is 5.40. The third kappa shape index (κ3) is 3.37. The highest BCUT2D eigenvalue weighted by molar-refractivity contribution is 6.35. The number of rotatable bonds is 3. The molecule has 0 saturated heterocycles. The lowest BCUT2D eigenvalue weighted by molar-refractivity contribution is -0.141. The van der Waals surface area contributed by atoms with Crippen LogP contribution in [-0.2, 0) is 9.59 Å². The molecule has 5 nitrogen and oxygen atoms in total. The van der Waals surface area contributed by atoms with Crippen molar-refractivity contribution in [2.24, 2.45) is 5.73 Å². The number of nitrogens with two attached hydrogens (primary N) is 1. The average molecular weight is 263 g/mol. The van der Waals surface area contributed by atoms with E-state index in [1.54, 1.807) is 0 Å². The quantitative estimate of drug-likeness (QED) is 0.717. The minimum Gasteiger partial charge on any atom is -0.480 e. The highest BCUT2D eigenvalue weighted by atomic mass is 35.5. The lowest BCUT2D eigenvalue weighted by Crippen LogP contribution is -2.42. The molecule has 4 N–H and O–H groups in total. The van der Waals surface area contributed by atoms with Gasteiger partial charge in [-0.1, -0.05) is 23.2 Å². The fraction of sp³-hybridized carbons (Fsp3) is 0.111. The van der Waals surface area contributed by atoms with Crippen LogP contribution in [0.2, 0.25) is 10.0 Å². The number of carbonyl (C=O) groups excluding carboxylic acids is 1. The number of benzene rings is 1. The summed E-state index contributed by atoms with van der Waals surface area (Å²) in [6.45, 7) is 0. The first-order valence-electron chi connectivity index (χ1n) is 4.15. The molecule has 1 atom stereocenters. The number of halogens is 2. The highest BCUT2D eigenvalue weighted by Gasteiger charge is 2.21. The van der Waals surface area contributed by atoms with Gasteiger partial charge in [-0.2, -0.15) is 0 Å². The van der Waals surface area contributed by atoms with E-state index < -0.39 is 17.9 Å². The van der Waals surface area contributed by atoms with Gasteiger partial charge in [0.1, 0.15) is 0 Å². The van der Waals surface area contributed by atoms with Gasteiger partial charge in [0.15, 0.2) is 6.04 Å². The fourth-order valence-corrected chi connectivity index (χ4v) is 1.48. The lowest BCUT2D eigenvalue weighted by Gasteiger charge is -2.08. The van der Waals surface area contributed by atoms with Crippen LogP contribution < -0.4 is 11.1 Å². The molecule has 1 aromatic rings. The molecule has 0 aromatic heterocycles. The van der Waals surface area contributed by atoms with Crippen LogP contribution in [0.5, 0.6) is 0 Å². The molecule has 0 spiro atoms. The zero-order valence-electron chi connectivity index (χ0n) is 7.91. The summed E-state index contributed by atoms with van der Waals surface area (Å²) in [6, 6.07) is 2.72. The predicted octanol–water partition coefficient (Wildman–Crippen LogP) is 1.34. The van der Waals surface area contributed by atoms with Gasteiger partial charge in [0.2, 0.25) is 0 Å². The van der Waals surface area contributed by atoms with Gasteiger partial charge >= 0.3 is 5.97 Å². The number of aliphatic carboxylic acids is 1. The molecule has 0 fully saturated rings. The summed E-state index contributed by atoms with van der Waals surface area (Å²) < 4.78 is 0. The Morgan fingerprint density at radius 3 is 2.19 bits per heavy atom. The molecular formula is C9H8Cl2N2O3. The number of anilines is 1. The van der Waals surface area contributed by atoms with Crippen LogP contribution in [0, 0.1) is 0 Å². The van der Waals surface area contributed by atoms with Crippen molar-refractivity contribution in [1.82, 2.24) is 0 Å². The standard InChI is InChI=1S/C9H8Cl2N2O3/c10-4-1-5(11)3-6(2-4)13-8(14)7(12)9(15)16/h1-3,7H,12H2,(H,13,14)(H,15,16). The van der Waals surface area contributed by atoms with E-state index in [9.17, 15) is 9.59 Å². The van der Waals surface area contributed by atoms with Gasteiger partial charge < -0.3 is 16.2 Å². The zero-order valence-corrected chi connectivity index (χ0v) is 9.42. The molecule has 1 rings (SSSR count). The van der Waals surface area contributed by atoms with E-state index in [0.29, 0.717) is 15.7 Å². The maximum absolute atomic E-state index is 11.3. The van der Waals surface area contributed by atoms with Crippen LogP contribution in [0.1, 0.15) is 0 Å². The van der Waals surface area contributed by atoms with Crippen molar-refractivity contribution in [1.29, 1.82) is 0 Å². The summed E-state index contributed by atoms with van der Waals surface area (Å²) in [4.78, 5) is 21.7. The smallest absolute Gasteiger partial charge is 0.330 e. The highest BCUT2D eigenvalue weighted by Crippen LogP contribution is 2.22. The predicted molar refractivity (Wildman–Crippen MR) is 60.7 cm³/mol. The van der Waals surface area contributed by atoms with E-state index in [1.165, 1.54) is 18.2 Å². The number of amides is 1. The monoisotopic (exact) mass is 262 g/mol. The summed E-state index contributed by atoms with van der Waals surface area (Å²) in [7, 11) is 0. The molecule has 1 amide bonds. The van der Waals surface area contributed by atoms with Crippen molar-refractivity contribution < 1.29 is 14.7 Å². The van der Waals surface area contributed by atoms with Gasteiger partial charge in [-0.05, 0) is 18.2 Å². The SMILES string of the molecule is NC(C(=O)O)C(=O)Nc1cc(Cl)cc(Cl)c1. The molecule has 16 heavy (non-hydrogen) atoms. The maximum Gasteiger partial charge on any atom is 0.330 e. The van der Waals surface area contributed by atoms with Crippen molar-refractivity contribution in [2.45, 2.75) is 6.04 Å². The molecule has 86 valence electrons. The van der Waals surface area contributed by atoms with Gasteiger partial charge in [-0.25, -0.2) is 4.79 Å². The Labute approximate surface area is 101 Å². The lowest BCUT2D eigenvalue weighted by atomic mass is 10.2. The average Bonchev–Trinajstić information content (AvgIpc) is 2.14. The van der Waals surface area contributed by atoms with Crippen molar-refractivity contribution in [3.05, 3.63) is 28.2 Å². The van der Waals surface area contributed by atoms with Crippen LogP contribution in [-0.4, -0.2) is 23.0 Å². The summed E-state index contributed by atoms with van der Waals surface area (Å²) in [6.07, 6.45) is 0. The minimum absolute atomic E-state index is 0.291. The molecule has 0 bridgehead atoms. The van der Waals surface area contributed by atoms with E-state index in [4.69, 9.17) is 34.0 Å². The Kier molecular flexibility index (Phi) is 4.12. The molecular weight excluding hydrogens is 255 g/mol. The van der Waals surface area contributed by atoms with Crippen molar-refractivity contribution in [3.63, 3.8) is 0 Å². The Morgan fingerprint density at radius 1 is 1.25 bits per heavy atom. The number of hydrogen-bond acceptors (Lipinski definition) is 3. The first-order chi connectivity index (χ1) is 7.40. The Bertz CT molecular complexity index is 417. The summed E-state index contributed by atoms with van der Waals surface area (Å²) in [5, 5.41) is 11.4. The van der Waals surface area contributed by atoms with Gasteiger partial charge in [-0.15, -0.1) is 0 Å². The third-order valence-corrected chi connectivity index (χ3v) is 2.12. The van der Waals surface area contributed by atoms with Crippen LogP contribution in [0.4, 0.5) is 5.69 Å². The normalized spacial score (nSPS) is 11.9. The Hall–Kier alpha value is -1.30. The molecule has 1 unspecified atom stereocenters. The van der Waals surface area contributed by atoms with Gasteiger partial charge in [0, 0.05) is 15.7 Å². The number of hydrogen-bond donors (Lipinski definition) is 3. The van der Waals surface area contributed by atoms with E-state index in [2.05, 4.69) is 5.32 Å². The molecule has 0 saturated carbocycles. The molecule has 0 aliphatic carbocycles. The number of nitrogens with one attached hydrogen (secondary N) is 1. The summed E-state index contributed by atoms with van der Waals surface area (Å²) >= 11 is 11.4. The first kappa shape index (κ1) is 12.8. The maximum atomic E-state index is 11.3. The molecule has 1 aromatic carbocycles. The van der Waals surface area contributed by atoms with Crippen molar-refractivity contribution in [3.8, 4) is 0 Å². The Morgan fingerprint density at radius 2 is 1.75 bits per heavy atom. The summed E-state index contributed by atoms with van der Waals surface area (Å²) in [5.74, 6) is -2.25. The van der Waals surface area contributed by atoms with E-state index in [-0.39, 0.29) is 0 Å². The van der Waals surface area contributed by atoms with Gasteiger partial charge in [0.25, 0.3) is 5.91 Å². The van der Waals surface area contributed by atoms with E-state index in [1.807, 2.05) is 0 Å². The fourth-order valence-electron chi connectivity index (χ4n) is 0.958. The van der Waals surface area contributed by atoms with Crippen molar-refractivity contribution in [2.75, 3.05) is 5.32 Å². The Balaban J connectivity index is 2.81. The third-order valence-electron chi connectivity index (χ3n) is 1.68. The largest absolute Gasteiger partial charge is 0.480 e. The molecule has 7 heteroatoms. The topological polar surface area (TPSA) is 92.4 Å². The van der Waals surface area contributed by atoms with Crippen LogP contribution in [0.25, 0.3) is 0 Å². The molecule has 0 aliphatic heterocycles. The second-order valence-corrected chi connectivity index (χ2v) is 3.84. The molecule has 0 heterocycles.